The summed E-state index contributed by atoms with van der Waals surface area (Å²) in [5.41, 5.74) is -0.0781. The van der Waals surface area contributed by atoms with E-state index in [0.29, 0.717) is 30.4 Å². The molecule has 0 N–H and O–H groups in total. The number of nitrogens with zero attached hydrogens (tertiary/aromatic N) is 5. The quantitative estimate of drug-likeness (QED) is 0.806. The molecule has 0 spiro atoms. The Hall–Kier alpha value is -2.19. The molecule has 0 bridgehead atoms. The minimum absolute atomic E-state index is 0.0109. The molecule has 1 saturated heterocycles. The molecular weight excluding hydrogens is 322 g/mol. The van der Waals surface area contributed by atoms with Gasteiger partial charge in [0.2, 0.25) is 5.91 Å². The lowest BCUT2D eigenvalue weighted by molar-refractivity contribution is -0.139. The smallest absolute Gasteiger partial charge is 0.369 e. The Morgan fingerprint density at radius 1 is 1.39 bits per heavy atom. The van der Waals surface area contributed by atoms with Crippen molar-refractivity contribution < 1.29 is 9.53 Å². The molecule has 1 aliphatic rings. The number of carbonyl (C=O) groups excluding carboxylic acids is 1. The van der Waals surface area contributed by atoms with Crippen LogP contribution in [0.4, 0.5) is 0 Å². The lowest BCUT2D eigenvalue weighted by Gasteiger charge is -2.30. The molecule has 1 aliphatic heterocycles. The summed E-state index contributed by atoms with van der Waals surface area (Å²) in [6, 6.07) is 6.81. The van der Waals surface area contributed by atoms with Crippen LogP contribution in [0, 0.1) is 0 Å². The summed E-state index contributed by atoms with van der Waals surface area (Å²) in [5.74, 6) is -0.187. The molecule has 2 heterocycles. The Labute approximate surface area is 137 Å². The van der Waals surface area contributed by atoms with E-state index in [1.165, 1.54) is 0 Å². The van der Waals surface area contributed by atoms with Crippen LogP contribution in [-0.2, 0) is 16.1 Å². The van der Waals surface area contributed by atoms with Crippen LogP contribution in [0.1, 0.15) is 6.92 Å². The fourth-order valence-electron chi connectivity index (χ4n) is 2.42. The summed E-state index contributed by atoms with van der Waals surface area (Å²) < 4.78 is 7.51. The Morgan fingerprint density at radius 2 is 2.17 bits per heavy atom. The minimum atomic E-state index is -0.507. The number of amides is 1. The number of carbonyl (C=O) groups is 1. The van der Waals surface area contributed by atoms with Crippen molar-refractivity contribution in [1.29, 1.82) is 0 Å². The predicted molar refractivity (Wildman–Crippen MR) is 82.6 cm³/mol. The molecule has 23 heavy (non-hydrogen) atoms. The molecule has 1 fully saturated rings. The van der Waals surface area contributed by atoms with Gasteiger partial charge in [0.15, 0.2) is 0 Å². The number of tetrazole rings is 1. The van der Waals surface area contributed by atoms with E-state index in [-0.39, 0.29) is 18.6 Å². The van der Waals surface area contributed by atoms with Crippen LogP contribution in [0.15, 0.2) is 29.1 Å². The van der Waals surface area contributed by atoms with Gasteiger partial charge in [0.05, 0.1) is 23.4 Å². The van der Waals surface area contributed by atoms with Gasteiger partial charge in [-0.05, 0) is 29.5 Å². The zero-order chi connectivity index (χ0) is 16.4. The zero-order valence-electron chi connectivity index (χ0n) is 12.6. The maximum absolute atomic E-state index is 12.4. The van der Waals surface area contributed by atoms with Gasteiger partial charge in [0, 0.05) is 13.1 Å². The zero-order valence-corrected chi connectivity index (χ0v) is 13.3. The normalized spacial score (nSPS) is 18.2. The molecule has 3 rings (SSSR count). The summed E-state index contributed by atoms with van der Waals surface area (Å²) in [7, 11) is 0. The summed E-state index contributed by atoms with van der Waals surface area (Å²) in [6.07, 6.45) is -0.0109. The predicted octanol–water partition coefficient (Wildman–Crippen LogP) is 0.330. The number of hydrogen-bond acceptors (Lipinski definition) is 5. The second kappa shape index (κ2) is 6.51. The molecule has 1 atom stereocenters. The highest BCUT2D eigenvalue weighted by Crippen LogP contribution is 2.16. The van der Waals surface area contributed by atoms with Crippen LogP contribution < -0.4 is 5.69 Å². The van der Waals surface area contributed by atoms with Crippen molar-refractivity contribution in [2.45, 2.75) is 19.6 Å². The summed E-state index contributed by atoms with van der Waals surface area (Å²) >= 11 is 6.06. The number of ether oxygens (including phenoxy) is 1. The molecule has 0 radical (unpaired) electrons. The van der Waals surface area contributed by atoms with Gasteiger partial charge in [-0.25, -0.2) is 4.79 Å². The monoisotopic (exact) mass is 337 g/mol. The number of benzene rings is 1. The molecule has 9 heteroatoms. The molecule has 2 aromatic rings. The third-order valence-electron chi connectivity index (χ3n) is 3.60. The van der Waals surface area contributed by atoms with Gasteiger partial charge in [-0.15, -0.1) is 0 Å². The number of aromatic nitrogens is 4. The number of para-hydroxylation sites is 1. The van der Waals surface area contributed by atoms with Gasteiger partial charge in [0.25, 0.3) is 0 Å². The van der Waals surface area contributed by atoms with Crippen molar-refractivity contribution >= 4 is 17.5 Å². The third kappa shape index (κ3) is 3.27. The maximum atomic E-state index is 12.4. The number of morpholine rings is 1. The average Bonchev–Trinajstić information content (AvgIpc) is 2.89. The Balaban J connectivity index is 1.79. The average molecular weight is 338 g/mol. The van der Waals surface area contributed by atoms with Crippen molar-refractivity contribution in [3.8, 4) is 5.69 Å². The van der Waals surface area contributed by atoms with Crippen LogP contribution in [0.3, 0.4) is 0 Å². The fourth-order valence-corrected chi connectivity index (χ4v) is 2.64. The van der Waals surface area contributed by atoms with E-state index in [4.69, 9.17) is 16.3 Å². The molecule has 0 saturated carbocycles. The molecule has 0 aliphatic carbocycles. The third-order valence-corrected chi connectivity index (χ3v) is 3.92. The first-order valence-corrected chi connectivity index (χ1v) is 7.61. The second-order valence-corrected chi connectivity index (χ2v) is 5.71. The Kier molecular flexibility index (Phi) is 4.44. The van der Waals surface area contributed by atoms with Gasteiger partial charge >= 0.3 is 5.69 Å². The van der Waals surface area contributed by atoms with Gasteiger partial charge in [0.1, 0.15) is 6.54 Å². The minimum Gasteiger partial charge on any atom is -0.375 e. The maximum Gasteiger partial charge on any atom is 0.369 e. The lowest BCUT2D eigenvalue weighted by atomic mass is 10.3. The van der Waals surface area contributed by atoms with E-state index < -0.39 is 5.69 Å². The van der Waals surface area contributed by atoms with E-state index in [9.17, 15) is 9.59 Å². The van der Waals surface area contributed by atoms with E-state index in [0.717, 1.165) is 9.36 Å². The van der Waals surface area contributed by atoms with Crippen molar-refractivity contribution in [1.82, 2.24) is 24.7 Å². The lowest BCUT2D eigenvalue weighted by Crippen LogP contribution is -2.46. The number of halogens is 1. The van der Waals surface area contributed by atoms with Gasteiger partial charge in [-0.3, -0.25) is 4.79 Å². The highest BCUT2D eigenvalue weighted by molar-refractivity contribution is 6.32. The van der Waals surface area contributed by atoms with Crippen molar-refractivity contribution in [3.63, 3.8) is 0 Å². The highest BCUT2D eigenvalue weighted by atomic mass is 35.5. The molecule has 1 unspecified atom stereocenters. The fraction of sp³-hybridized carbons (Fsp3) is 0.429. The Morgan fingerprint density at radius 3 is 2.91 bits per heavy atom. The van der Waals surface area contributed by atoms with Crippen LogP contribution in [0.25, 0.3) is 5.69 Å². The van der Waals surface area contributed by atoms with Crippen LogP contribution >= 0.6 is 11.6 Å². The second-order valence-electron chi connectivity index (χ2n) is 5.30. The largest absolute Gasteiger partial charge is 0.375 e. The summed E-state index contributed by atoms with van der Waals surface area (Å²) in [4.78, 5) is 26.3. The number of hydrogen-bond donors (Lipinski definition) is 0. The highest BCUT2D eigenvalue weighted by Gasteiger charge is 2.23. The van der Waals surface area contributed by atoms with E-state index >= 15 is 0 Å². The summed E-state index contributed by atoms with van der Waals surface area (Å²) in [5, 5.41) is 7.95. The molecule has 122 valence electrons. The van der Waals surface area contributed by atoms with Crippen LogP contribution in [-0.4, -0.2) is 56.4 Å². The van der Waals surface area contributed by atoms with Crippen molar-refractivity contribution in [3.05, 3.63) is 39.8 Å². The van der Waals surface area contributed by atoms with E-state index in [2.05, 4.69) is 10.4 Å². The van der Waals surface area contributed by atoms with Gasteiger partial charge in [-0.2, -0.15) is 9.36 Å². The van der Waals surface area contributed by atoms with Crippen molar-refractivity contribution in [2.24, 2.45) is 0 Å². The van der Waals surface area contributed by atoms with Crippen LogP contribution in [0.2, 0.25) is 5.02 Å². The van der Waals surface area contributed by atoms with Gasteiger partial charge in [-0.1, -0.05) is 23.7 Å². The molecule has 1 amide bonds. The molecule has 1 aromatic heterocycles. The first kappa shape index (κ1) is 15.7. The number of rotatable bonds is 3. The first-order valence-electron chi connectivity index (χ1n) is 7.23. The molecular formula is C14H16ClN5O3. The SMILES string of the molecule is CC1CN(C(=O)Cn2nnn(-c3ccccc3Cl)c2=O)CCO1. The first-order chi connectivity index (χ1) is 11.1. The van der Waals surface area contributed by atoms with E-state index in [1.54, 1.807) is 29.2 Å². The van der Waals surface area contributed by atoms with Gasteiger partial charge < -0.3 is 9.64 Å². The van der Waals surface area contributed by atoms with Crippen molar-refractivity contribution in [2.75, 3.05) is 19.7 Å². The molecule has 8 nitrogen and oxygen atoms in total. The summed E-state index contributed by atoms with van der Waals surface area (Å²) in [6.45, 7) is 3.26. The standard InChI is InChI=1S/C14H16ClN5O3/c1-10-8-18(6-7-23-10)13(21)9-19-14(22)20(17-16-19)12-5-3-2-4-11(12)15/h2-5,10H,6-9H2,1H3. The van der Waals surface area contributed by atoms with Crippen LogP contribution in [0.5, 0.6) is 0 Å². The van der Waals surface area contributed by atoms with E-state index in [1.807, 2.05) is 6.92 Å². The Bertz CT molecular complexity index is 772. The molecule has 1 aromatic carbocycles. The topological polar surface area (TPSA) is 82.3 Å².